The van der Waals surface area contributed by atoms with Gasteiger partial charge < -0.3 is 0 Å². The van der Waals surface area contributed by atoms with Gasteiger partial charge in [-0.3, -0.25) is 0 Å². The van der Waals surface area contributed by atoms with Crippen LogP contribution in [0.4, 0.5) is 0 Å². The summed E-state index contributed by atoms with van der Waals surface area (Å²) in [5.41, 5.74) is 1.03. The van der Waals surface area contributed by atoms with E-state index in [1.54, 1.807) is 0 Å². The van der Waals surface area contributed by atoms with Crippen LogP contribution in [0.2, 0.25) is 0 Å². The Morgan fingerprint density at radius 1 is 1.50 bits per heavy atom. The Hall–Kier alpha value is -0.300. The molecule has 0 aliphatic carbocycles. The van der Waals surface area contributed by atoms with Crippen molar-refractivity contribution in [1.29, 1.82) is 0 Å². The van der Waals surface area contributed by atoms with E-state index in [0.29, 0.717) is 0 Å². The average Bonchev–Trinajstić information content (AvgIpc) is 1.83. The molecular weight excluding hydrogens is 100 g/mol. The highest BCUT2D eigenvalue weighted by atomic mass is 16.3. The minimum Gasteiger partial charge on any atom is -0.232 e. The molecule has 0 aliphatic heterocycles. The first-order chi connectivity index (χ1) is 3.85. The Morgan fingerprint density at radius 2 is 2.12 bits per heavy atom. The second-order valence-electron chi connectivity index (χ2n) is 1.77. The van der Waals surface area contributed by atoms with Crippen molar-refractivity contribution in [2.45, 2.75) is 26.7 Å². The summed E-state index contributed by atoms with van der Waals surface area (Å²) in [4.78, 5) is 0. The predicted molar refractivity (Wildman–Crippen MR) is 34.2 cm³/mol. The summed E-state index contributed by atoms with van der Waals surface area (Å²) in [7, 11) is 0. The third-order valence-corrected chi connectivity index (χ3v) is 1.13. The first-order valence-electron chi connectivity index (χ1n) is 3.11. The van der Waals surface area contributed by atoms with Crippen molar-refractivity contribution < 1.29 is 5.11 Å². The maximum Gasteiger partial charge on any atom is 0.103 e. The summed E-state index contributed by atoms with van der Waals surface area (Å²) < 4.78 is 0. The lowest BCUT2D eigenvalue weighted by molar-refractivity contribution is 0.220. The molecule has 0 atom stereocenters. The standard InChI is InChI=1S/C7H13O/c1-3-5-7(4-2)6-8/h5H,3-4,6H2,1-2H3. The van der Waals surface area contributed by atoms with Gasteiger partial charge in [-0.15, -0.1) is 0 Å². The van der Waals surface area contributed by atoms with Gasteiger partial charge in [0, 0.05) is 0 Å². The van der Waals surface area contributed by atoms with Gasteiger partial charge in [-0.25, -0.2) is 5.11 Å². The Bertz CT molecular complexity index is 68.5. The average molecular weight is 113 g/mol. The monoisotopic (exact) mass is 113 g/mol. The Balaban J connectivity index is 3.49. The van der Waals surface area contributed by atoms with Crippen molar-refractivity contribution >= 4 is 0 Å². The molecule has 0 saturated carbocycles. The molecule has 8 heavy (non-hydrogen) atoms. The molecule has 0 aromatic heterocycles. The van der Waals surface area contributed by atoms with Gasteiger partial charge in [-0.05, 0) is 18.4 Å². The summed E-state index contributed by atoms with van der Waals surface area (Å²) in [6.07, 6.45) is 3.91. The minimum atomic E-state index is -0.0235. The summed E-state index contributed by atoms with van der Waals surface area (Å²) in [6.45, 7) is 4.04. The molecule has 0 amide bonds. The van der Waals surface area contributed by atoms with E-state index < -0.39 is 0 Å². The summed E-state index contributed by atoms with van der Waals surface area (Å²) in [5.74, 6) is 0. The molecule has 0 spiro atoms. The van der Waals surface area contributed by atoms with E-state index in [1.165, 1.54) is 0 Å². The van der Waals surface area contributed by atoms with E-state index >= 15 is 0 Å². The first-order valence-corrected chi connectivity index (χ1v) is 3.11. The number of hydrogen-bond acceptors (Lipinski definition) is 0. The summed E-state index contributed by atoms with van der Waals surface area (Å²) in [5, 5.41) is 10.2. The SMILES string of the molecule is CCC=C(CC)C[O]. The van der Waals surface area contributed by atoms with Crippen LogP contribution in [0.25, 0.3) is 0 Å². The van der Waals surface area contributed by atoms with Crippen LogP contribution < -0.4 is 0 Å². The molecule has 1 radical (unpaired) electrons. The van der Waals surface area contributed by atoms with Crippen LogP contribution in [0.1, 0.15) is 26.7 Å². The fourth-order valence-electron chi connectivity index (χ4n) is 0.594. The van der Waals surface area contributed by atoms with E-state index in [-0.39, 0.29) is 6.61 Å². The van der Waals surface area contributed by atoms with Crippen molar-refractivity contribution in [2.75, 3.05) is 6.61 Å². The van der Waals surface area contributed by atoms with Crippen LogP contribution in [0, 0.1) is 0 Å². The molecule has 0 aliphatic rings. The highest BCUT2D eigenvalue weighted by molar-refractivity contribution is 4.99. The van der Waals surface area contributed by atoms with Gasteiger partial charge in [-0.1, -0.05) is 19.9 Å². The van der Waals surface area contributed by atoms with Crippen LogP contribution in [0.3, 0.4) is 0 Å². The molecular formula is C7H13O. The minimum absolute atomic E-state index is 0.0235. The topological polar surface area (TPSA) is 19.9 Å². The fraction of sp³-hybridized carbons (Fsp3) is 0.714. The van der Waals surface area contributed by atoms with Crippen LogP contribution in [-0.2, 0) is 5.11 Å². The highest BCUT2D eigenvalue weighted by Crippen LogP contribution is 1.99. The Kier molecular flexibility index (Phi) is 4.67. The molecule has 1 heteroatoms. The lowest BCUT2D eigenvalue weighted by Crippen LogP contribution is -1.84. The molecule has 0 heterocycles. The second-order valence-corrected chi connectivity index (χ2v) is 1.77. The molecule has 0 aromatic carbocycles. The van der Waals surface area contributed by atoms with Crippen LogP contribution in [0.5, 0.6) is 0 Å². The zero-order valence-electron chi connectivity index (χ0n) is 5.61. The molecule has 0 N–H and O–H groups in total. The van der Waals surface area contributed by atoms with Crippen molar-refractivity contribution in [1.82, 2.24) is 0 Å². The van der Waals surface area contributed by atoms with Gasteiger partial charge in [0.05, 0.1) is 0 Å². The van der Waals surface area contributed by atoms with Gasteiger partial charge in [-0.2, -0.15) is 0 Å². The molecule has 1 nitrogen and oxygen atoms in total. The number of allylic oxidation sites excluding steroid dienone is 1. The van der Waals surface area contributed by atoms with E-state index in [4.69, 9.17) is 0 Å². The lowest BCUT2D eigenvalue weighted by atomic mass is 10.2. The quantitative estimate of drug-likeness (QED) is 0.500. The molecule has 0 fully saturated rings. The van der Waals surface area contributed by atoms with Crippen molar-refractivity contribution in [3.05, 3.63) is 11.6 Å². The Morgan fingerprint density at radius 3 is 2.25 bits per heavy atom. The fourth-order valence-corrected chi connectivity index (χ4v) is 0.594. The molecule has 47 valence electrons. The third-order valence-electron chi connectivity index (χ3n) is 1.13. The largest absolute Gasteiger partial charge is 0.232 e. The zero-order chi connectivity index (χ0) is 6.41. The smallest absolute Gasteiger partial charge is 0.103 e. The number of rotatable bonds is 3. The van der Waals surface area contributed by atoms with Gasteiger partial charge >= 0.3 is 0 Å². The van der Waals surface area contributed by atoms with Crippen LogP contribution in [0.15, 0.2) is 11.6 Å². The summed E-state index contributed by atoms with van der Waals surface area (Å²) >= 11 is 0. The van der Waals surface area contributed by atoms with Gasteiger partial charge in [0.2, 0.25) is 0 Å². The second kappa shape index (κ2) is 4.85. The van der Waals surface area contributed by atoms with Gasteiger partial charge in [0.25, 0.3) is 0 Å². The maximum absolute atomic E-state index is 10.2. The molecule has 0 unspecified atom stereocenters. The van der Waals surface area contributed by atoms with Crippen LogP contribution in [-0.4, -0.2) is 6.61 Å². The summed E-state index contributed by atoms with van der Waals surface area (Å²) in [6, 6.07) is 0. The van der Waals surface area contributed by atoms with Crippen LogP contribution >= 0.6 is 0 Å². The van der Waals surface area contributed by atoms with E-state index in [9.17, 15) is 5.11 Å². The number of hydrogen-bond donors (Lipinski definition) is 0. The first kappa shape index (κ1) is 7.70. The molecule has 0 aromatic rings. The van der Waals surface area contributed by atoms with Crippen molar-refractivity contribution in [3.63, 3.8) is 0 Å². The highest BCUT2D eigenvalue weighted by Gasteiger charge is 1.87. The third kappa shape index (κ3) is 2.80. The molecule has 0 rings (SSSR count). The zero-order valence-corrected chi connectivity index (χ0v) is 5.61. The Labute approximate surface area is 51.0 Å². The van der Waals surface area contributed by atoms with E-state index in [1.807, 2.05) is 19.9 Å². The van der Waals surface area contributed by atoms with E-state index in [0.717, 1.165) is 18.4 Å². The molecule has 0 bridgehead atoms. The molecule has 0 saturated heterocycles. The maximum atomic E-state index is 10.2. The van der Waals surface area contributed by atoms with Gasteiger partial charge in [0.15, 0.2) is 0 Å². The van der Waals surface area contributed by atoms with Crippen molar-refractivity contribution in [2.24, 2.45) is 0 Å². The van der Waals surface area contributed by atoms with E-state index in [2.05, 4.69) is 0 Å². The van der Waals surface area contributed by atoms with Crippen molar-refractivity contribution in [3.8, 4) is 0 Å². The lowest BCUT2D eigenvalue weighted by Gasteiger charge is -1.93. The normalized spacial score (nSPS) is 12.1. The predicted octanol–water partition coefficient (Wildman–Crippen LogP) is 2.16. The van der Waals surface area contributed by atoms with Gasteiger partial charge in [0.1, 0.15) is 6.61 Å².